The molecular formula is C11H12N2O3. The van der Waals surface area contributed by atoms with Gasteiger partial charge in [-0.2, -0.15) is 0 Å². The smallest absolute Gasteiger partial charge is 0.337 e. The van der Waals surface area contributed by atoms with Crippen LogP contribution in [0, 0.1) is 0 Å². The summed E-state index contributed by atoms with van der Waals surface area (Å²) in [6, 6.07) is 4.94. The van der Waals surface area contributed by atoms with Gasteiger partial charge in [0.1, 0.15) is 0 Å². The summed E-state index contributed by atoms with van der Waals surface area (Å²) in [5.41, 5.74) is 1.31. The molecule has 2 N–H and O–H groups in total. The lowest BCUT2D eigenvalue weighted by Crippen LogP contribution is -2.40. The van der Waals surface area contributed by atoms with Gasteiger partial charge in [-0.25, -0.2) is 4.79 Å². The molecule has 1 amide bonds. The van der Waals surface area contributed by atoms with Gasteiger partial charge < -0.3 is 15.3 Å². The van der Waals surface area contributed by atoms with E-state index >= 15 is 0 Å². The third-order valence-electron chi connectivity index (χ3n) is 2.58. The number of aromatic carboxylic acids is 1. The van der Waals surface area contributed by atoms with E-state index in [9.17, 15) is 9.59 Å². The molecule has 2 rings (SSSR count). The second-order valence-corrected chi connectivity index (χ2v) is 3.50. The zero-order chi connectivity index (χ0) is 11.7. The van der Waals surface area contributed by atoms with Crippen molar-refractivity contribution in [1.29, 1.82) is 0 Å². The van der Waals surface area contributed by atoms with E-state index in [0.29, 0.717) is 17.9 Å². The summed E-state index contributed by atoms with van der Waals surface area (Å²) in [6.07, 6.45) is 0. The van der Waals surface area contributed by atoms with Crippen molar-refractivity contribution >= 4 is 23.3 Å². The molecule has 0 spiro atoms. The Morgan fingerprint density at radius 1 is 1.56 bits per heavy atom. The summed E-state index contributed by atoms with van der Waals surface area (Å²) in [7, 11) is 0. The molecule has 0 saturated carbocycles. The fourth-order valence-corrected chi connectivity index (χ4v) is 1.87. The highest BCUT2D eigenvalue weighted by Gasteiger charge is 2.27. The Labute approximate surface area is 92.7 Å². The largest absolute Gasteiger partial charge is 0.478 e. The van der Waals surface area contributed by atoms with E-state index in [-0.39, 0.29) is 18.0 Å². The van der Waals surface area contributed by atoms with Gasteiger partial charge in [-0.3, -0.25) is 4.79 Å². The minimum atomic E-state index is -1.02. The van der Waals surface area contributed by atoms with Crippen LogP contribution >= 0.6 is 0 Å². The maximum atomic E-state index is 11.6. The van der Waals surface area contributed by atoms with Crippen molar-refractivity contribution in [3.05, 3.63) is 23.8 Å². The minimum absolute atomic E-state index is 0.108. The van der Waals surface area contributed by atoms with Crippen molar-refractivity contribution in [3.63, 3.8) is 0 Å². The van der Waals surface area contributed by atoms with Gasteiger partial charge in [0.15, 0.2) is 0 Å². The van der Waals surface area contributed by atoms with Crippen LogP contribution < -0.4 is 10.2 Å². The van der Waals surface area contributed by atoms with Crippen molar-refractivity contribution in [2.75, 3.05) is 23.3 Å². The molecular weight excluding hydrogens is 208 g/mol. The number of carboxylic acids is 1. The predicted molar refractivity (Wildman–Crippen MR) is 59.9 cm³/mol. The molecule has 0 aliphatic carbocycles. The van der Waals surface area contributed by atoms with Gasteiger partial charge in [0, 0.05) is 6.54 Å². The third kappa shape index (κ3) is 1.50. The highest BCUT2D eigenvalue weighted by Crippen LogP contribution is 2.32. The van der Waals surface area contributed by atoms with Crippen LogP contribution in [0.2, 0.25) is 0 Å². The molecule has 0 aromatic heterocycles. The second-order valence-electron chi connectivity index (χ2n) is 3.50. The van der Waals surface area contributed by atoms with Crippen molar-refractivity contribution in [2.24, 2.45) is 0 Å². The first-order valence-electron chi connectivity index (χ1n) is 5.05. The number of carbonyl (C=O) groups is 2. The van der Waals surface area contributed by atoms with E-state index in [2.05, 4.69) is 5.32 Å². The molecule has 5 nitrogen and oxygen atoms in total. The monoisotopic (exact) mass is 220 g/mol. The van der Waals surface area contributed by atoms with Crippen molar-refractivity contribution in [2.45, 2.75) is 6.92 Å². The molecule has 0 radical (unpaired) electrons. The number of anilines is 2. The lowest BCUT2D eigenvalue weighted by molar-refractivity contribution is -0.117. The summed E-state index contributed by atoms with van der Waals surface area (Å²) in [5, 5.41) is 12.0. The van der Waals surface area contributed by atoms with Crippen molar-refractivity contribution in [1.82, 2.24) is 0 Å². The van der Waals surface area contributed by atoms with Crippen LogP contribution in [0.5, 0.6) is 0 Å². The van der Waals surface area contributed by atoms with Gasteiger partial charge in [0.25, 0.3) is 0 Å². The molecule has 1 aromatic carbocycles. The minimum Gasteiger partial charge on any atom is -0.478 e. The Hall–Kier alpha value is -2.04. The molecule has 1 aliphatic rings. The van der Waals surface area contributed by atoms with Gasteiger partial charge in [-0.05, 0) is 19.1 Å². The van der Waals surface area contributed by atoms with Crippen LogP contribution in [-0.2, 0) is 4.79 Å². The Morgan fingerprint density at radius 3 is 2.94 bits per heavy atom. The highest BCUT2D eigenvalue weighted by molar-refractivity contribution is 6.09. The van der Waals surface area contributed by atoms with Crippen LogP contribution in [0.3, 0.4) is 0 Å². The molecule has 16 heavy (non-hydrogen) atoms. The number of carbonyl (C=O) groups excluding carboxylic acids is 1. The SMILES string of the molecule is CCN1C(=O)CNc2cccc(C(=O)O)c21. The quantitative estimate of drug-likeness (QED) is 0.784. The number of nitrogens with zero attached hydrogens (tertiary/aromatic N) is 1. The maximum absolute atomic E-state index is 11.6. The number of hydrogen-bond donors (Lipinski definition) is 2. The fourth-order valence-electron chi connectivity index (χ4n) is 1.87. The summed E-state index contributed by atoms with van der Waals surface area (Å²) in [4.78, 5) is 24.2. The predicted octanol–water partition coefficient (Wildman–Crippen LogP) is 1.16. The van der Waals surface area contributed by atoms with E-state index in [0.717, 1.165) is 0 Å². The number of nitrogens with one attached hydrogen (secondary N) is 1. The van der Waals surface area contributed by atoms with Crippen LogP contribution in [0.15, 0.2) is 18.2 Å². The first-order valence-corrected chi connectivity index (χ1v) is 5.05. The molecule has 0 unspecified atom stereocenters. The Morgan fingerprint density at radius 2 is 2.31 bits per heavy atom. The zero-order valence-electron chi connectivity index (χ0n) is 8.86. The molecule has 1 heterocycles. The van der Waals surface area contributed by atoms with Crippen LogP contribution in [0.25, 0.3) is 0 Å². The second kappa shape index (κ2) is 3.84. The van der Waals surface area contributed by atoms with Crippen molar-refractivity contribution in [3.8, 4) is 0 Å². The molecule has 1 aromatic rings. The Balaban J connectivity index is 2.61. The molecule has 84 valence electrons. The average molecular weight is 220 g/mol. The molecule has 5 heteroatoms. The number of para-hydroxylation sites is 1. The van der Waals surface area contributed by atoms with Crippen molar-refractivity contribution < 1.29 is 14.7 Å². The molecule has 0 saturated heterocycles. The average Bonchev–Trinajstić information content (AvgIpc) is 2.28. The number of hydrogen-bond acceptors (Lipinski definition) is 3. The molecule has 1 aliphatic heterocycles. The van der Waals surface area contributed by atoms with E-state index in [1.54, 1.807) is 12.1 Å². The first-order chi connectivity index (χ1) is 7.65. The summed E-state index contributed by atoms with van der Waals surface area (Å²) >= 11 is 0. The number of amides is 1. The number of fused-ring (bicyclic) bond motifs is 1. The number of carboxylic acid groups (broad SMARTS) is 1. The number of benzene rings is 1. The maximum Gasteiger partial charge on any atom is 0.337 e. The molecule has 0 atom stereocenters. The van der Waals surface area contributed by atoms with E-state index in [1.165, 1.54) is 11.0 Å². The van der Waals surface area contributed by atoms with Gasteiger partial charge in [-0.15, -0.1) is 0 Å². The molecule has 0 fully saturated rings. The van der Waals surface area contributed by atoms with Crippen LogP contribution in [-0.4, -0.2) is 30.1 Å². The lowest BCUT2D eigenvalue weighted by Gasteiger charge is -2.30. The van der Waals surface area contributed by atoms with Crippen LogP contribution in [0.4, 0.5) is 11.4 Å². The highest BCUT2D eigenvalue weighted by atomic mass is 16.4. The van der Waals surface area contributed by atoms with Crippen LogP contribution in [0.1, 0.15) is 17.3 Å². The normalized spacial score (nSPS) is 14.3. The first kappa shape index (κ1) is 10.5. The summed E-state index contributed by atoms with van der Waals surface area (Å²) < 4.78 is 0. The molecule has 0 bridgehead atoms. The fraction of sp³-hybridized carbons (Fsp3) is 0.273. The van der Waals surface area contributed by atoms with Gasteiger partial charge >= 0.3 is 5.97 Å². The third-order valence-corrected chi connectivity index (χ3v) is 2.58. The lowest BCUT2D eigenvalue weighted by atomic mass is 10.1. The summed E-state index contributed by atoms with van der Waals surface area (Å²) in [6.45, 7) is 2.51. The topological polar surface area (TPSA) is 69.6 Å². The van der Waals surface area contributed by atoms with Gasteiger partial charge in [-0.1, -0.05) is 6.07 Å². The van der Waals surface area contributed by atoms with E-state index in [1.807, 2.05) is 6.92 Å². The standard InChI is InChI=1S/C11H12N2O3/c1-2-13-9(14)6-12-8-5-3-4-7(10(8)13)11(15)16/h3-5,12H,2,6H2,1H3,(H,15,16). The number of rotatable bonds is 2. The summed E-state index contributed by atoms with van der Waals surface area (Å²) in [5.74, 6) is -1.13. The van der Waals surface area contributed by atoms with Gasteiger partial charge in [0.05, 0.1) is 23.5 Å². The Kier molecular flexibility index (Phi) is 2.52. The number of likely N-dealkylation sites (N-methyl/N-ethyl adjacent to an activating group) is 1. The Bertz CT molecular complexity index is 457. The zero-order valence-corrected chi connectivity index (χ0v) is 8.86. The van der Waals surface area contributed by atoms with Gasteiger partial charge in [0.2, 0.25) is 5.91 Å². The van der Waals surface area contributed by atoms with E-state index in [4.69, 9.17) is 5.11 Å². The van der Waals surface area contributed by atoms with E-state index < -0.39 is 5.97 Å².